The Morgan fingerprint density at radius 2 is 2.00 bits per heavy atom. The van der Waals surface area contributed by atoms with Gasteiger partial charge in [-0.25, -0.2) is 8.78 Å². The lowest BCUT2D eigenvalue weighted by molar-refractivity contribution is -0.0420. The first-order chi connectivity index (χ1) is 7.08. The Bertz CT molecular complexity index is 386. The van der Waals surface area contributed by atoms with Crippen LogP contribution in [0.25, 0.3) is 0 Å². The van der Waals surface area contributed by atoms with E-state index >= 15 is 0 Å². The van der Waals surface area contributed by atoms with Gasteiger partial charge in [0.1, 0.15) is 0 Å². The molecular formula is C11H12F2O2. The zero-order chi connectivity index (χ0) is 11.1. The molecule has 15 heavy (non-hydrogen) atoms. The van der Waals surface area contributed by atoms with Crippen molar-refractivity contribution in [3.63, 3.8) is 0 Å². The largest absolute Gasteiger partial charge is 0.491 e. The van der Waals surface area contributed by atoms with Crippen LogP contribution in [0, 0.1) is 11.6 Å². The fourth-order valence-electron chi connectivity index (χ4n) is 1.86. The van der Waals surface area contributed by atoms with Crippen molar-refractivity contribution in [1.82, 2.24) is 0 Å². The Kier molecular flexibility index (Phi) is 2.38. The van der Waals surface area contributed by atoms with Crippen LogP contribution in [0.2, 0.25) is 0 Å². The standard InChI is InChI=1S/C11H12F2O2/c1-15-10-8(12)4-3-7(9(10)13)11(14)5-2-6-11/h3-4,14H,2,5-6H2,1H3. The zero-order valence-corrected chi connectivity index (χ0v) is 8.39. The molecule has 1 aliphatic carbocycles. The van der Waals surface area contributed by atoms with Gasteiger partial charge in [-0.15, -0.1) is 0 Å². The minimum Gasteiger partial charge on any atom is -0.491 e. The average molecular weight is 214 g/mol. The highest BCUT2D eigenvalue weighted by Gasteiger charge is 2.39. The van der Waals surface area contributed by atoms with Crippen LogP contribution < -0.4 is 4.74 Å². The first kappa shape index (κ1) is 10.4. The number of halogens is 2. The Labute approximate surface area is 86.5 Å². The molecule has 2 nitrogen and oxygen atoms in total. The number of methoxy groups -OCH3 is 1. The molecule has 0 amide bonds. The van der Waals surface area contributed by atoms with Gasteiger partial charge in [0, 0.05) is 5.56 Å². The summed E-state index contributed by atoms with van der Waals surface area (Å²) in [5.41, 5.74) is -1.00. The molecule has 0 aromatic heterocycles. The van der Waals surface area contributed by atoms with Crippen molar-refractivity contribution in [2.75, 3.05) is 7.11 Å². The molecule has 0 bridgehead atoms. The lowest BCUT2D eigenvalue weighted by atomic mass is 9.75. The van der Waals surface area contributed by atoms with E-state index in [9.17, 15) is 13.9 Å². The van der Waals surface area contributed by atoms with Gasteiger partial charge >= 0.3 is 0 Å². The highest BCUT2D eigenvalue weighted by molar-refractivity contribution is 5.37. The lowest BCUT2D eigenvalue weighted by Gasteiger charge is -2.37. The SMILES string of the molecule is COc1c(F)ccc(C2(O)CCC2)c1F. The van der Waals surface area contributed by atoms with Crippen LogP contribution in [-0.4, -0.2) is 12.2 Å². The van der Waals surface area contributed by atoms with E-state index in [0.717, 1.165) is 12.5 Å². The van der Waals surface area contributed by atoms with E-state index in [0.29, 0.717) is 12.8 Å². The number of rotatable bonds is 2. The number of ether oxygens (including phenoxy) is 1. The highest BCUT2D eigenvalue weighted by Crippen LogP contribution is 2.43. The quantitative estimate of drug-likeness (QED) is 0.818. The number of benzene rings is 1. The molecule has 1 saturated carbocycles. The maximum absolute atomic E-state index is 13.7. The predicted octanol–water partition coefficient (Wildman–Crippen LogP) is 2.34. The van der Waals surface area contributed by atoms with Crippen LogP contribution in [0.15, 0.2) is 12.1 Å². The van der Waals surface area contributed by atoms with Gasteiger partial charge in [0.15, 0.2) is 17.4 Å². The monoisotopic (exact) mass is 214 g/mol. The van der Waals surface area contributed by atoms with E-state index in [1.807, 2.05) is 0 Å². The molecule has 1 fully saturated rings. The van der Waals surface area contributed by atoms with Gasteiger partial charge in [-0.3, -0.25) is 0 Å². The third-order valence-electron chi connectivity index (χ3n) is 2.94. The van der Waals surface area contributed by atoms with Crippen molar-refractivity contribution < 1.29 is 18.6 Å². The molecule has 0 atom stereocenters. The van der Waals surface area contributed by atoms with E-state index in [1.54, 1.807) is 0 Å². The summed E-state index contributed by atoms with van der Waals surface area (Å²) in [5, 5.41) is 9.96. The molecule has 0 radical (unpaired) electrons. The number of hydrogen-bond acceptors (Lipinski definition) is 2. The molecule has 0 aliphatic heterocycles. The molecular weight excluding hydrogens is 202 g/mol. The van der Waals surface area contributed by atoms with Gasteiger partial charge in [-0.05, 0) is 25.3 Å². The normalized spacial score (nSPS) is 18.4. The summed E-state index contributed by atoms with van der Waals surface area (Å²) in [7, 11) is 1.20. The average Bonchev–Trinajstić information content (AvgIpc) is 2.15. The maximum Gasteiger partial charge on any atom is 0.190 e. The molecule has 1 aromatic rings. The van der Waals surface area contributed by atoms with Gasteiger partial charge in [-0.1, -0.05) is 6.07 Å². The van der Waals surface area contributed by atoms with Crippen molar-refractivity contribution in [2.45, 2.75) is 24.9 Å². The van der Waals surface area contributed by atoms with Gasteiger partial charge in [0.05, 0.1) is 12.7 Å². The molecule has 1 aliphatic rings. The molecule has 0 spiro atoms. The second-order valence-corrected chi connectivity index (χ2v) is 3.83. The molecule has 0 saturated heterocycles. The fraction of sp³-hybridized carbons (Fsp3) is 0.455. The summed E-state index contributed by atoms with van der Waals surface area (Å²) >= 11 is 0. The van der Waals surface area contributed by atoms with E-state index in [-0.39, 0.29) is 5.56 Å². The summed E-state index contributed by atoms with van der Waals surface area (Å²) in [5.74, 6) is -1.96. The van der Waals surface area contributed by atoms with E-state index < -0.39 is 23.0 Å². The summed E-state index contributed by atoms with van der Waals surface area (Å²) in [6.45, 7) is 0. The zero-order valence-electron chi connectivity index (χ0n) is 8.39. The molecule has 4 heteroatoms. The van der Waals surface area contributed by atoms with Gasteiger partial charge in [-0.2, -0.15) is 0 Å². The Hall–Kier alpha value is -1.16. The summed E-state index contributed by atoms with van der Waals surface area (Å²) < 4.78 is 31.4. The lowest BCUT2D eigenvalue weighted by Crippen LogP contribution is -2.34. The molecule has 0 heterocycles. The fourth-order valence-corrected chi connectivity index (χ4v) is 1.86. The second-order valence-electron chi connectivity index (χ2n) is 3.83. The maximum atomic E-state index is 13.7. The van der Waals surface area contributed by atoms with Crippen LogP contribution in [-0.2, 0) is 5.60 Å². The minimum absolute atomic E-state index is 0.131. The smallest absolute Gasteiger partial charge is 0.190 e. The molecule has 0 unspecified atom stereocenters. The Morgan fingerprint density at radius 1 is 1.33 bits per heavy atom. The van der Waals surface area contributed by atoms with Gasteiger partial charge in [0.2, 0.25) is 0 Å². The van der Waals surface area contributed by atoms with E-state index in [4.69, 9.17) is 0 Å². The summed E-state index contributed by atoms with van der Waals surface area (Å²) in [6, 6.07) is 2.40. The van der Waals surface area contributed by atoms with Crippen LogP contribution in [0.4, 0.5) is 8.78 Å². The van der Waals surface area contributed by atoms with Gasteiger partial charge in [0.25, 0.3) is 0 Å². The first-order valence-corrected chi connectivity index (χ1v) is 4.83. The predicted molar refractivity (Wildman–Crippen MR) is 50.7 cm³/mol. The molecule has 2 rings (SSSR count). The Morgan fingerprint density at radius 3 is 2.47 bits per heavy atom. The summed E-state index contributed by atoms with van der Waals surface area (Å²) in [6.07, 6.45) is 1.88. The van der Waals surface area contributed by atoms with Crippen molar-refractivity contribution in [3.8, 4) is 5.75 Å². The Balaban J connectivity index is 2.49. The third-order valence-corrected chi connectivity index (χ3v) is 2.94. The first-order valence-electron chi connectivity index (χ1n) is 4.83. The van der Waals surface area contributed by atoms with Gasteiger partial charge < -0.3 is 9.84 Å². The molecule has 1 N–H and O–H groups in total. The minimum atomic E-state index is -1.13. The van der Waals surface area contributed by atoms with E-state index in [2.05, 4.69) is 4.74 Å². The number of aliphatic hydroxyl groups is 1. The van der Waals surface area contributed by atoms with Crippen LogP contribution in [0.5, 0.6) is 5.75 Å². The van der Waals surface area contributed by atoms with Crippen LogP contribution in [0.1, 0.15) is 24.8 Å². The van der Waals surface area contributed by atoms with Crippen molar-refractivity contribution >= 4 is 0 Å². The third kappa shape index (κ3) is 1.49. The number of hydrogen-bond donors (Lipinski definition) is 1. The van der Waals surface area contributed by atoms with Crippen molar-refractivity contribution in [3.05, 3.63) is 29.3 Å². The summed E-state index contributed by atoms with van der Waals surface area (Å²) in [4.78, 5) is 0. The topological polar surface area (TPSA) is 29.5 Å². The van der Waals surface area contributed by atoms with E-state index in [1.165, 1.54) is 13.2 Å². The van der Waals surface area contributed by atoms with Crippen molar-refractivity contribution in [1.29, 1.82) is 0 Å². The molecule has 82 valence electrons. The van der Waals surface area contributed by atoms with Crippen LogP contribution in [0.3, 0.4) is 0 Å². The second kappa shape index (κ2) is 3.45. The van der Waals surface area contributed by atoms with Crippen LogP contribution >= 0.6 is 0 Å². The highest BCUT2D eigenvalue weighted by atomic mass is 19.1. The molecule has 1 aromatic carbocycles. The van der Waals surface area contributed by atoms with Crippen molar-refractivity contribution in [2.24, 2.45) is 0 Å².